The Balaban J connectivity index is 2.36. The van der Waals surface area contributed by atoms with Gasteiger partial charge in [-0.3, -0.25) is 0 Å². The molecule has 0 radical (unpaired) electrons. The first kappa shape index (κ1) is 14.2. The maximum Gasteiger partial charge on any atom is 0.122 e. The Morgan fingerprint density at radius 2 is 2.05 bits per heavy atom. The molecule has 0 aliphatic carbocycles. The SMILES string of the molecule is CCOC(C)c1nc(CNC)c(-c2ccccc2)s1. The van der Waals surface area contributed by atoms with Crippen LogP contribution >= 0.6 is 11.3 Å². The summed E-state index contributed by atoms with van der Waals surface area (Å²) in [5, 5.41) is 4.23. The largest absolute Gasteiger partial charge is 0.372 e. The number of thiazole rings is 1. The first-order chi connectivity index (χ1) is 9.26. The standard InChI is InChI=1S/C15H20N2OS/c1-4-18-11(2)15-17-13(10-16-3)14(19-15)12-8-6-5-7-9-12/h5-9,11,16H,4,10H2,1-3H3. The predicted molar refractivity (Wildman–Crippen MR) is 80.4 cm³/mol. The van der Waals surface area contributed by atoms with E-state index in [1.807, 2.05) is 20.0 Å². The fourth-order valence-electron chi connectivity index (χ4n) is 1.97. The number of ether oxygens (including phenoxy) is 1. The van der Waals surface area contributed by atoms with E-state index >= 15 is 0 Å². The van der Waals surface area contributed by atoms with Crippen molar-refractivity contribution in [3.63, 3.8) is 0 Å². The maximum absolute atomic E-state index is 5.64. The van der Waals surface area contributed by atoms with Gasteiger partial charge < -0.3 is 10.1 Å². The summed E-state index contributed by atoms with van der Waals surface area (Å²) in [7, 11) is 1.94. The van der Waals surface area contributed by atoms with E-state index in [-0.39, 0.29) is 6.10 Å². The summed E-state index contributed by atoms with van der Waals surface area (Å²) in [6.07, 6.45) is 0.0584. The third-order valence-electron chi connectivity index (χ3n) is 2.86. The minimum atomic E-state index is 0.0584. The van der Waals surface area contributed by atoms with Crippen LogP contribution in [0.3, 0.4) is 0 Å². The second kappa shape index (κ2) is 6.80. The van der Waals surface area contributed by atoms with Crippen molar-refractivity contribution >= 4 is 11.3 Å². The van der Waals surface area contributed by atoms with E-state index in [1.54, 1.807) is 11.3 Å². The van der Waals surface area contributed by atoms with E-state index in [0.29, 0.717) is 6.61 Å². The third-order valence-corrected chi connectivity index (χ3v) is 4.17. The van der Waals surface area contributed by atoms with Crippen LogP contribution in [0.25, 0.3) is 10.4 Å². The van der Waals surface area contributed by atoms with Crippen LogP contribution in [0.4, 0.5) is 0 Å². The summed E-state index contributed by atoms with van der Waals surface area (Å²) >= 11 is 1.72. The quantitative estimate of drug-likeness (QED) is 0.875. The Bertz CT molecular complexity index is 510. The highest BCUT2D eigenvalue weighted by molar-refractivity contribution is 7.15. The van der Waals surface area contributed by atoms with Crippen molar-refractivity contribution in [3.05, 3.63) is 41.0 Å². The van der Waals surface area contributed by atoms with Gasteiger partial charge in [-0.15, -0.1) is 11.3 Å². The summed E-state index contributed by atoms with van der Waals surface area (Å²) in [4.78, 5) is 5.96. The van der Waals surface area contributed by atoms with Crippen molar-refractivity contribution in [2.75, 3.05) is 13.7 Å². The molecule has 1 unspecified atom stereocenters. The zero-order valence-corrected chi connectivity index (χ0v) is 12.5. The number of nitrogens with zero attached hydrogens (tertiary/aromatic N) is 1. The number of rotatable bonds is 6. The van der Waals surface area contributed by atoms with E-state index in [2.05, 4.69) is 36.5 Å². The first-order valence-electron chi connectivity index (χ1n) is 6.57. The van der Waals surface area contributed by atoms with Crippen LogP contribution in [0.15, 0.2) is 30.3 Å². The van der Waals surface area contributed by atoms with Crippen LogP contribution < -0.4 is 5.32 Å². The van der Waals surface area contributed by atoms with Crippen molar-refractivity contribution in [1.82, 2.24) is 10.3 Å². The van der Waals surface area contributed by atoms with Crippen LogP contribution in [0.5, 0.6) is 0 Å². The lowest BCUT2D eigenvalue weighted by atomic mass is 10.1. The molecule has 102 valence electrons. The molecule has 0 fully saturated rings. The summed E-state index contributed by atoms with van der Waals surface area (Å²) in [5.74, 6) is 0. The Labute approximate surface area is 118 Å². The summed E-state index contributed by atoms with van der Waals surface area (Å²) in [6.45, 7) is 5.55. The van der Waals surface area contributed by atoms with Gasteiger partial charge in [0.05, 0.1) is 10.6 Å². The van der Waals surface area contributed by atoms with Crippen LogP contribution in [0.1, 0.15) is 30.7 Å². The smallest absolute Gasteiger partial charge is 0.122 e. The average Bonchev–Trinajstić information content (AvgIpc) is 2.85. The first-order valence-corrected chi connectivity index (χ1v) is 7.39. The molecule has 1 atom stereocenters. The van der Waals surface area contributed by atoms with Crippen molar-refractivity contribution < 1.29 is 4.74 Å². The molecule has 0 aliphatic heterocycles. The number of benzene rings is 1. The molecule has 0 aliphatic rings. The van der Waals surface area contributed by atoms with Crippen molar-refractivity contribution in [2.45, 2.75) is 26.5 Å². The fraction of sp³-hybridized carbons (Fsp3) is 0.400. The Hall–Kier alpha value is -1.23. The van der Waals surface area contributed by atoms with Gasteiger partial charge in [-0.1, -0.05) is 30.3 Å². The molecule has 0 saturated heterocycles. The second-order valence-electron chi connectivity index (χ2n) is 4.32. The highest BCUT2D eigenvalue weighted by Crippen LogP contribution is 2.33. The number of hydrogen-bond acceptors (Lipinski definition) is 4. The summed E-state index contributed by atoms with van der Waals surface area (Å²) in [6, 6.07) is 10.4. The Morgan fingerprint density at radius 3 is 2.68 bits per heavy atom. The highest BCUT2D eigenvalue weighted by atomic mass is 32.1. The fourth-order valence-corrected chi connectivity index (χ4v) is 3.06. The molecule has 0 bridgehead atoms. The molecule has 1 heterocycles. The van der Waals surface area contributed by atoms with E-state index < -0.39 is 0 Å². The molecule has 1 N–H and O–H groups in total. The van der Waals surface area contributed by atoms with Gasteiger partial charge in [-0.05, 0) is 26.5 Å². The van der Waals surface area contributed by atoms with E-state index in [0.717, 1.165) is 17.2 Å². The molecular weight excluding hydrogens is 256 g/mol. The van der Waals surface area contributed by atoms with Gasteiger partial charge in [0.1, 0.15) is 11.1 Å². The molecule has 0 saturated carbocycles. The van der Waals surface area contributed by atoms with Crippen molar-refractivity contribution in [2.24, 2.45) is 0 Å². The van der Waals surface area contributed by atoms with Gasteiger partial charge >= 0.3 is 0 Å². The minimum Gasteiger partial charge on any atom is -0.372 e. The lowest BCUT2D eigenvalue weighted by Gasteiger charge is -2.06. The molecule has 3 nitrogen and oxygen atoms in total. The van der Waals surface area contributed by atoms with Gasteiger partial charge in [0.25, 0.3) is 0 Å². The molecular formula is C15H20N2OS. The van der Waals surface area contributed by atoms with E-state index in [9.17, 15) is 0 Å². The molecule has 0 amide bonds. The number of nitrogens with one attached hydrogen (secondary N) is 1. The third kappa shape index (κ3) is 3.41. The molecule has 19 heavy (non-hydrogen) atoms. The molecule has 1 aromatic carbocycles. The monoisotopic (exact) mass is 276 g/mol. The van der Waals surface area contributed by atoms with Gasteiger partial charge in [0.15, 0.2) is 0 Å². The van der Waals surface area contributed by atoms with Crippen LogP contribution in [0.2, 0.25) is 0 Å². The summed E-state index contributed by atoms with van der Waals surface area (Å²) < 4.78 is 5.64. The normalized spacial score (nSPS) is 12.6. The van der Waals surface area contributed by atoms with Gasteiger partial charge in [-0.2, -0.15) is 0 Å². The lowest BCUT2D eigenvalue weighted by molar-refractivity contribution is 0.0761. The molecule has 2 rings (SSSR count). The van der Waals surface area contributed by atoms with Gasteiger partial charge in [0.2, 0.25) is 0 Å². The average molecular weight is 276 g/mol. The Kier molecular flexibility index (Phi) is 5.07. The summed E-state index contributed by atoms with van der Waals surface area (Å²) in [5.41, 5.74) is 2.32. The van der Waals surface area contributed by atoms with E-state index in [4.69, 9.17) is 9.72 Å². The topological polar surface area (TPSA) is 34.1 Å². The van der Waals surface area contributed by atoms with Gasteiger partial charge in [0, 0.05) is 13.2 Å². The maximum atomic E-state index is 5.64. The second-order valence-corrected chi connectivity index (χ2v) is 5.35. The zero-order valence-electron chi connectivity index (χ0n) is 11.6. The molecule has 1 aromatic heterocycles. The molecule has 4 heteroatoms. The Morgan fingerprint density at radius 1 is 1.32 bits per heavy atom. The molecule has 0 spiro atoms. The van der Waals surface area contributed by atoms with Gasteiger partial charge in [-0.25, -0.2) is 4.98 Å². The lowest BCUT2D eigenvalue weighted by Crippen LogP contribution is -2.07. The van der Waals surface area contributed by atoms with Crippen molar-refractivity contribution in [3.8, 4) is 10.4 Å². The highest BCUT2D eigenvalue weighted by Gasteiger charge is 2.16. The molecule has 2 aromatic rings. The predicted octanol–water partition coefficient (Wildman–Crippen LogP) is 3.63. The van der Waals surface area contributed by atoms with Crippen molar-refractivity contribution in [1.29, 1.82) is 0 Å². The minimum absolute atomic E-state index is 0.0584. The number of hydrogen-bond donors (Lipinski definition) is 1. The van der Waals surface area contributed by atoms with Crippen LogP contribution in [0, 0.1) is 0 Å². The van der Waals surface area contributed by atoms with E-state index in [1.165, 1.54) is 10.4 Å². The van der Waals surface area contributed by atoms with Crippen LogP contribution in [-0.4, -0.2) is 18.6 Å². The zero-order chi connectivity index (χ0) is 13.7. The van der Waals surface area contributed by atoms with Crippen LogP contribution in [-0.2, 0) is 11.3 Å². The number of aromatic nitrogens is 1.